The monoisotopic (exact) mass is 540 g/mol. The Morgan fingerprint density at radius 1 is 1.15 bits per heavy atom. The van der Waals surface area contributed by atoms with E-state index in [4.69, 9.17) is 5.41 Å². The van der Waals surface area contributed by atoms with Gasteiger partial charge in [0.05, 0.1) is 10.5 Å². The van der Waals surface area contributed by atoms with Crippen molar-refractivity contribution in [2.24, 2.45) is 0 Å². The van der Waals surface area contributed by atoms with Gasteiger partial charge >= 0.3 is 12.1 Å². The first-order chi connectivity index (χ1) is 16.1. The molecule has 8 nitrogen and oxygen atoms in total. The van der Waals surface area contributed by atoms with Gasteiger partial charge < -0.3 is 10.2 Å². The Hall–Kier alpha value is -3.41. The van der Waals surface area contributed by atoms with Crippen LogP contribution in [0, 0.1) is 10.1 Å². The van der Waals surface area contributed by atoms with Gasteiger partial charge in [0.1, 0.15) is 10.0 Å². The van der Waals surface area contributed by atoms with Gasteiger partial charge in [-0.1, -0.05) is 6.07 Å². The number of benzene rings is 2. The summed E-state index contributed by atoms with van der Waals surface area (Å²) in [5.41, 5.74) is -0.491. The van der Waals surface area contributed by atoms with Crippen LogP contribution in [0.5, 0.6) is 0 Å². The zero-order chi connectivity index (χ0) is 24.9. The molecule has 1 amide bonds. The molecule has 1 fully saturated rings. The Morgan fingerprint density at radius 2 is 1.85 bits per heavy atom. The number of nitrogens with zero attached hydrogens (tertiary/aromatic N) is 2. The minimum Gasteiger partial charge on any atom is -0.372 e. The molecule has 2 aromatic carbocycles. The summed E-state index contributed by atoms with van der Waals surface area (Å²) < 4.78 is 38.7. The van der Waals surface area contributed by atoms with Gasteiger partial charge in [-0.05, 0) is 65.5 Å². The third-order valence-electron chi connectivity index (χ3n) is 5.20. The summed E-state index contributed by atoms with van der Waals surface area (Å²) in [4.78, 5) is 25.7. The lowest BCUT2D eigenvalue weighted by Gasteiger charge is -2.28. The fourth-order valence-electron chi connectivity index (χ4n) is 3.47. The normalized spacial score (nSPS) is 14.5. The molecule has 0 atom stereocenters. The molecule has 12 heteroatoms. The van der Waals surface area contributed by atoms with E-state index in [-0.39, 0.29) is 27.3 Å². The molecule has 1 heterocycles. The number of hydrogen-bond acceptors (Lipinski definition) is 5. The Bertz CT molecular complexity index is 1130. The summed E-state index contributed by atoms with van der Waals surface area (Å²) in [5.74, 6) is -0.963. The maximum atomic E-state index is 12.9. The number of nitrogens with two attached hydrogens (primary N) is 1. The van der Waals surface area contributed by atoms with Gasteiger partial charge in [0, 0.05) is 36.7 Å². The number of alkyl halides is 3. The van der Waals surface area contributed by atoms with Gasteiger partial charge in [0.2, 0.25) is 0 Å². The molecule has 34 heavy (non-hydrogen) atoms. The summed E-state index contributed by atoms with van der Waals surface area (Å²) in [7, 11) is 0. The molecule has 0 aliphatic carbocycles. The minimum atomic E-state index is -4.49. The maximum absolute atomic E-state index is 12.9. The van der Waals surface area contributed by atoms with Gasteiger partial charge in [-0.2, -0.15) is 13.2 Å². The molecule has 0 unspecified atom stereocenters. The second kappa shape index (κ2) is 10.7. The highest BCUT2D eigenvalue weighted by atomic mass is 79.9. The van der Waals surface area contributed by atoms with Crippen molar-refractivity contribution in [1.82, 2.24) is 5.32 Å². The standard InChI is InChI=1S/C22H21BrF3N5O3/c23-18(13-28-15-6-4-5-14(11-15)22(24,25)26)20(27)29-21(32)17-12-16(7-8-19(17)31(33)34)30-9-2-1-3-10-30/h4-8,11-13,28H,1-3,9-10H2,(H2,27,29,32)/p+1/b18-13+. The van der Waals surface area contributed by atoms with Crippen molar-refractivity contribution >= 4 is 44.7 Å². The molecule has 0 spiro atoms. The number of rotatable bonds is 6. The first kappa shape index (κ1) is 25.2. The maximum Gasteiger partial charge on any atom is 0.416 e. The van der Waals surface area contributed by atoms with E-state index >= 15 is 0 Å². The number of carbonyl (C=O) groups excluding carboxylic acids is 1. The fraction of sp³-hybridized carbons (Fsp3) is 0.273. The van der Waals surface area contributed by atoms with Gasteiger partial charge in [-0.3, -0.25) is 15.5 Å². The van der Waals surface area contributed by atoms with Crippen LogP contribution in [0.1, 0.15) is 35.2 Å². The van der Waals surface area contributed by atoms with Crippen LogP contribution >= 0.6 is 15.9 Å². The van der Waals surface area contributed by atoms with Crippen molar-refractivity contribution in [3.8, 4) is 0 Å². The predicted octanol–water partition coefficient (Wildman–Crippen LogP) is 3.84. The van der Waals surface area contributed by atoms with E-state index < -0.39 is 22.6 Å². The lowest BCUT2D eigenvalue weighted by atomic mass is 10.1. The van der Waals surface area contributed by atoms with E-state index in [2.05, 4.69) is 31.5 Å². The summed E-state index contributed by atoms with van der Waals surface area (Å²) >= 11 is 3.14. The number of piperidine rings is 1. The SMILES string of the molecule is [NH2+]=C(NC(=O)c1cc(N2CCCCC2)ccc1[N+](=O)[O-])/C(Br)=C\Nc1cccc(C(F)(F)F)c1. The Balaban J connectivity index is 1.74. The first-order valence-electron chi connectivity index (χ1n) is 10.3. The van der Waals surface area contributed by atoms with Gasteiger partial charge in [0.15, 0.2) is 0 Å². The topological polar surface area (TPSA) is 113 Å². The number of halogens is 4. The average molecular weight is 541 g/mol. The van der Waals surface area contributed by atoms with Crippen LogP contribution in [-0.4, -0.2) is 29.8 Å². The van der Waals surface area contributed by atoms with Crippen LogP contribution < -0.4 is 20.9 Å². The van der Waals surface area contributed by atoms with Crippen LogP contribution in [0.3, 0.4) is 0 Å². The number of anilines is 2. The fourth-order valence-corrected chi connectivity index (χ4v) is 3.69. The van der Waals surface area contributed by atoms with E-state index in [0.717, 1.165) is 44.5 Å². The number of hydrogen-bond donors (Lipinski definition) is 3. The van der Waals surface area contributed by atoms with Crippen molar-refractivity contribution in [2.45, 2.75) is 25.4 Å². The lowest BCUT2D eigenvalue weighted by molar-refractivity contribution is -0.385. The molecule has 3 rings (SSSR count). The summed E-state index contributed by atoms with van der Waals surface area (Å²) in [6.45, 7) is 1.59. The Morgan fingerprint density at radius 3 is 2.50 bits per heavy atom. The van der Waals surface area contributed by atoms with Crippen molar-refractivity contribution in [2.75, 3.05) is 23.3 Å². The predicted molar refractivity (Wildman–Crippen MR) is 126 cm³/mol. The third-order valence-corrected chi connectivity index (χ3v) is 5.86. The number of nitro benzene ring substituents is 1. The number of amidine groups is 1. The number of amides is 1. The van der Waals surface area contributed by atoms with Crippen LogP contribution in [0.25, 0.3) is 0 Å². The van der Waals surface area contributed by atoms with Gasteiger partial charge in [-0.25, -0.2) is 10.1 Å². The van der Waals surface area contributed by atoms with Crippen molar-refractivity contribution in [3.63, 3.8) is 0 Å². The summed E-state index contributed by atoms with van der Waals surface area (Å²) in [6, 6.07) is 8.89. The van der Waals surface area contributed by atoms with E-state index in [1.165, 1.54) is 30.5 Å². The quantitative estimate of drug-likeness (QED) is 0.223. The van der Waals surface area contributed by atoms with E-state index in [0.29, 0.717) is 5.69 Å². The molecule has 1 saturated heterocycles. The molecular weight excluding hydrogens is 519 g/mol. The smallest absolute Gasteiger partial charge is 0.372 e. The minimum absolute atomic E-state index is 0.132. The third kappa shape index (κ3) is 6.34. The van der Waals surface area contributed by atoms with Gasteiger partial charge in [-0.15, -0.1) is 0 Å². The second-order valence-electron chi connectivity index (χ2n) is 7.59. The van der Waals surface area contributed by atoms with Crippen LogP contribution in [0.2, 0.25) is 0 Å². The summed E-state index contributed by atoms with van der Waals surface area (Å²) in [6.07, 6.45) is -0.137. The van der Waals surface area contributed by atoms with E-state index in [1.807, 2.05) is 0 Å². The van der Waals surface area contributed by atoms with E-state index in [9.17, 15) is 28.1 Å². The highest BCUT2D eigenvalue weighted by Crippen LogP contribution is 2.31. The first-order valence-corrected chi connectivity index (χ1v) is 11.1. The molecule has 2 aromatic rings. The molecule has 0 radical (unpaired) electrons. The molecule has 1 aliphatic heterocycles. The molecule has 4 N–H and O–H groups in total. The average Bonchev–Trinajstić information content (AvgIpc) is 2.82. The van der Waals surface area contributed by atoms with Crippen LogP contribution in [-0.2, 0) is 6.18 Å². The molecule has 0 bridgehead atoms. The highest BCUT2D eigenvalue weighted by Gasteiger charge is 2.30. The molecule has 0 saturated carbocycles. The Labute approximate surface area is 201 Å². The molecule has 1 aliphatic rings. The van der Waals surface area contributed by atoms with Crippen LogP contribution in [0.4, 0.5) is 30.2 Å². The Kier molecular flexibility index (Phi) is 7.92. The molecule has 0 aromatic heterocycles. The van der Waals surface area contributed by atoms with Crippen molar-refractivity contribution < 1.29 is 28.3 Å². The van der Waals surface area contributed by atoms with E-state index in [1.54, 1.807) is 6.07 Å². The largest absolute Gasteiger partial charge is 0.416 e. The highest BCUT2D eigenvalue weighted by molar-refractivity contribution is 9.12. The lowest BCUT2D eigenvalue weighted by Crippen LogP contribution is -2.51. The second-order valence-corrected chi connectivity index (χ2v) is 8.44. The van der Waals surface area contributed by atoms with Crippen molar-refractivity contribution in [1.29, 1.82) is 0 Å². The zero-order valence-corrected chi connectivity index (χ0v) is 19.4. The zero-order valence-electron chi connectivity index (χ0n) is 17.9. The molecule has 180 valence electrons. The number of carbonyl (C=O) groups is 1. The van der Waals surface area contributed by atoms with Crippen LogP contribution in [0.15, 0.2) is 53.1 Å². The molecular formula is C22H22BrF3N5O3+. The van der Waals surface area contributed by atoms with Crippen molar-refractivity contribution in [3.05, 3.63) is 74.4 Å². The summed E-state index contributed by atoms with van der Waals surface area (Å²) in [5, 5.41) is 22.4. The number of nitro groups is 1. The van der Waals surface area contributed by atoms with Gasteiger partial charge in [0.25, 0.3) is 11.5 Å². The number of nitrogens with one attached hydrogen (secondary N) is 2.